The molecular weight excluding hydrogens is 180 g/mol. The van der Waals surface area contributed by atoms with Crippen molar-refractivity contribution in [2.24, 2.45) is 17.8 Å². The molecule has 0 aromatic rings. The quantitative estimate of drug-likeness (QED) is 0.733. The van der Waals surface area contributed by atoms with Crippen LogP contribution < -0.4 is 0 Å². The van der Waals surface area contributed by atoms with Crippen LogP contribution in [0.2, 0.25) is 0 Å². The molecule has 0 saturated heterocycles. The van der Waals surface area contributed by atoms with E-state index < -0.39 is 5.97 Å². The standard InChI is InChI=1S/C11H16O3/c12-10-4-7-1-8(5-10)3-9(2-7)6-11(13)14/h7-9H,1-6H2,(H,13,14). The van der Waals surface area contributed by atoms with E-state index in [0.29, 0.717) is 42.8 Å². The number of carbonyl (C=O) groups excluding carboxylic acids is 1. The van der Waals surface area contributed by atoms with Crippen molar-refractivity contribution in [3.8, 4) is 0 Å². The van der Waals surface area contributed by atoms with Crippen molar-refractivity contribution in [3.05, 3.63) is 0 Å². The summed E-state index contributed by atoms with van der Waals surface area (Å²) in [5.74, 6) is 0.990. The number of hydrogen-bond donors (Lipinski definition) is 1. The van der Waals surface area contributed by atoms with Gasteiger partial charge in [0.05, 0.1) is 0 Å². The van der Waals surface area contributed by atoms with Gasteiger partial charge in [-0.1, -0.05) is 0 Å². The fourth-order valence-corrected chi connectivity index (χ4v) is 3.18. The van der Waals surface area contributed by atoms with E-state index in [1.807, 2.05) is 0 Å². The van der Waals surface area contributed by atoms with Crippen LogP contribution in [0.4, 0.5) is 0 Å². The molecule has 2 saturated carbocycles. The Kier molecular flexibility index (Phi) is 2.57. The van der Waals surface area contributed by atoms with Crippen LogP contribution in [0.3, 0.4) is 0 Å². The third kappa shape index (κ3) is 2.14. The van der Waals surface area contributed by atoms with Crippen molar-refractivity contribution < 1.29 is 14.7 Å². The molecule has 1 N–H and O–H groups in total. The lowest BCUT2D eigenvalue weighted by Crippen LogP contribution is -2.32. The third-order valence-electron chi connectivity index (χ3n) is 3.50. The molecule has 2 unspecified atom stereocenters. The number of carbonyl (C=O) groups is 2. The second-order valence-electron chi connectivity index (χ2n) is 4.85. The highest BCUT2D eigenvalue weighted by Crippen LogP contribution is 2.42. The molecule has 0 amide bonds. The Bertz CT molecular complexity index is 243. The van der Waals surface area contributed by atoms with Gasteiger partial charge in [0.25, 0.3) is 0 Å². The molecule has 0 aromatic heterocycles. The molecule has 0 radical (unpaired) electrons. The lowest BCUT2D eigenvalue weighted by molar-refractivity contribution is -0.138. The van der Waals surface area contributed by atoms with Gasteiger partial charge in [-0.25, -0.2) is 0 Å². The molecule has 2 aliphatic rings. The maximum absolute atomic E-state index is 11.3. The van der Waals surface area contributed by atoms with Crippen LogP contribution in [0.1, 0.15) is 38.5 Å². The van der Waals surface area contributed by atoms with E-state index in [9.17, 15) is 9.59 Å². The van der Waals surface area contributed by atoms with Crippen LogP contribution in [0.25, 0.3) is 0 Å². The Hall–Kier alpha value is -0.860. The number of rotatable bonds is 2. The molecule has 2 bridgehead atoms. The Morgan fingerprint density at radius 2 is 1.79 bits per heavy atom. The average Bonchev–Trinajstić information content (AvgIpc) is 1.99. The predicted molar refractivity (Wildman–Crippen MR) is 50.8 cm³/mol. The first kappa shape index (κ1) is 9.69. The molecule has 0 aromatic carbocycles. The molecule has 3 heteroatoms. The van der Waals surface area contributed by atoms with Gasteiger partial charge in [0.15, 0.2) is 0 Å². The minimum Gasteiger partial charge on any atom is -0.481 e. The van der Waals surface area contributed by atoms with Gasteiger partial charge in [0.1, 0.15) is 5.78 Å². The molecule has 14 heavy (non-hydrogen) atoms. The van der Waals surface area contributed by atoms with Gasteiger partial charge in [0.2, 0.25) is 0 Å². The Balaban J connectivity index is 1.95. The van der Waals surface area contributed by atoms with E-state index in [1.165, 1.54) is 0 Å². The lowest BCUT2D eigenvalue weighted by atomic mass is 9.67. The first-order valence-corrected chi connectivity index (χ1v) is 5.37. The summed E-state index contributed by atoms with van der Waals surface area (Å²) >= 11 is 0. The van der Waals surface area contributed by atoms with E-state index in [0.717, 1.165) is 19.3 Å². The number of carboxylic acids is 1. The summed E-state index contributed by atoms with van der Waals surface area (Å²) in [4.78, 5) is 21.9. The number of carboxylic acid groups (broad SMARTS) is 1. The zero-order chi connectivity index (χ0) is 10.1. The highest BCUT2D eigenvalue weighted by atomic mass is 16.4. The summed E-state index contributed by atoms with van der Waals surface area (Å²) in [6.45, 7) is 0. The molecule has 2 fully saturated rings. The molecule has 0 aliphatic heterocycles. The maximum Gasteiger partial charge on any atom is 0.303 e. The fraction of sp³-hybridized carbons (Fsp3) is 0.818. The van der Waals surface area contributed by atoms with Gasteiger partial charge in [-0.2, -0.15) is 0 Å². The maximum atomic E-state index is 11.3. The van der Waals surface area contributed by atoms with Gasteiger partial charge in [-0.15, -0.1) is 0 Å². The first-order valence-electron chi connectivity index (χ1n) is 5.37. The minimum absolute atomic E-state index is 0.293. The van der Waals surface area contributed by atoms with Crippen LogP contribution in [0.15, 0.2) is 0 Å². The van der Waals surface area contributed by atoms with E-state index in [-0.39, 0.29) is 0 Å². The average molecular weight is 196 g/mol. The largest absolute Gasteiger partial charge is 0.481 e. The summed E-state index contributed by atoms with van der Waals surface area (Å²) < 4.78 is 0. The van der Waals surface area contributed by atoms with E-state index in [2.05, 4.69) is 0 Å². The first-order chi connectivity index (χ1) is 6.63. The molecular formula is C11H16O3. The van der Waals surface area contributed by atoms with E-state index in [4.69, 9.17) is 5.11 Å². The second kappa shape index (κ2) is 3.71. The highest BCUT2D eigenvalue weighted by Gasteiger charge is 2.35. The van der Waals surface area contributed by atoms with Crippen molar-refractivity contribution >= 4 is 11.8 Å². The van der Waals surface area contributed by atoms with Crippen molar-refractivity contribution in [1.82, 2.24) is 0 Å². The zero-order valence-electron chi connectivity index (χ0n) is 8.24. The van der Waals surface area contributed by atoms with Crippen LogP contribution in [0, 0.1) is 17.8 Å². The number of hydrogen-bond acceptors (Lipinski definition) is 2. The monoisotopic (exact) mass is 196 g/mol. The third-order valence-corrected chi connectivity index (χ3v) is 3.50. The number of aliphatic carboxylic acids is 1. The van der Waals surface area contributed by atoms with Crippen LogP contribution in [-0.4, -0.2) is 16.9 Å². The Labute approximate surface area is 83.5 Å². The zero-order valence-corrected chi connectivity index (χ0v) is 8.24. The Morgan fingerprint density at radius 3 is 2.29 bits per heavy atom. The summed E-state index contributed by atoms with van der Waals surface area (Å²) in [6, 6.07) is 0. The minimum atomic E-state index is -0.693. The van der Waals surface area contributed by atoms with Crippen molar-refractivity contribution in [2.45, 2.75) is 38.5 Å². The Morgan fingerprint density at radius 1 is 1.21 bits per heavy atom. The lowest BCUT2D eigenvalue weighted by Gasteiger charge is -2.37. The van der Waals surface area contributed by atoms with Crippen molar-refractivity contribution in [2.75, 3.05) is 0 Å². The molecule has 3 nitrogen and oxygen atoms in total. The molecule has 0 heterocycles. The van der Waals surface area contributed by atoms with Crippen LogP contribution in [-0.2, 0) is 9.59 Å². The number of ketones is 1. The molecule has 2 rings (SSSR count). The van der Waals surface area contributed by atoms with Crippen LogP contribution >= 0.6 is 0 Å². The van der Waals surface area contributed by atoms with E-state index in [1.54, 1.807) is 0 Å². The van der Waals surface area contributed by atoms with Crippen LogP contribution in [0.5, 0.6) is 0 Å². The SMILES string of the molecule is O=C(O)CC1CC2CC(=O)CC(C1)C2. The number of fused-ring (bicyclic) bond motifs is 2. The van der Waals surface area contributed by atoms with Gasteiger partial charge in [-0.3, -0.25) is 9.59 Å². The normalized spacial score (nSPS) is 36.9. The van der Waals surface area contributed by atoms with Gasteiger partial charge in [-0.05, 0) is 37.0 Å². The van der Waals surface area contributed by atoms with Crippen molar-refractivity contribution in [3.63, 3.8) is 0 Å². The van der Waals surface area contributed by atoms with Crippen molar-refractivity contribution in [1.29, 1.82) is 0 Å². The van der Waals surface area contributed by atoms with Gasteiger partial charge in [0, 0.05) is 19.3 Å². The van der Waals surface area contributed by atoms with E-state index >= 15 is 0 Å². The second-order valence-corrected chi connectivity index (χ2v) is 4.85. The highest BCUT2D eigenvalue weighted by molar-refractivity contribution is 5.79. The summed E-state index contributed by atoms with van der Waals surface area (Å²) in [5, 5.41) is 8.71. The molecule has 2 atom stereocenters. The molecule has 0 spiro atoms. The topological polar surface area (TPSA) is 54.4 Å². The molecule has 78 valence electrons. The fourth-order valence-electron chi connectivity index (χ4n) is 3.18. The predicted octanol–water partition coefficient (Wildman–Crippen LogP) is 1.86. The number of Topliss-reactive ketones (excluding diaryl/α,β-unsaturated/α-hetero) is 1. The molecule has 2 aliphatic carbocycles. The van der Waals surface area contributed by atoms with Gasteiger partial charge < -0.3 is 5.11 Å². The smallest absolute Gasteiger partial charge is 0.303 e. The van der Waals surface area contributed by atoms with Gasteiger partial charge >= 0.3 is 5.97 Å². The summed E-state index contributed by atoms with van der Waals surface area (Å²) in [7, 11) is 0. The summed E-state index contributed by atoms with van der Waals surface area (Å²) in [5.41, 5.74) is 0. The summed E-state index contributed by atoms with van der Waals surface area (Å²) in [6.07, 6.45) is 4.76.